The van der Waals surface area contributed by atoms with E-state index < -0.39 is 0 Å². The highest BCUT2D eigenvalue weighted by Gasteiger charge is 2.20. The number of nitrogens with one attached hydrogen (secondary N) is 1. The highest BCUT2D eigenvalue weighted by atomic mass is 16.5. The molecule has 1 N–H and O–H groups in total. The van der Waals surface area contributed by atoms with E-state index in [0.717, 1.165) is 33.2 Å². The van der Waals surface area contributed by atoms with Crippen LogP contribution in [-0.4, -0.2) is 33.8 Å². The van der Waals surface area contributed by atoms with Gasteiger partial charge in [-0.15, -0.1) is 6.58 Å². The van der Waals surface area contributed by atoms with Crippen molar-refractivity contribution in [3.05, 3.63) is 60.4 Å². The molecule has 0 spiro atoms. The maximum absolute atomic E-state index is 12.2. The average molecular weight is 421 g/mol. The largest absolute Gasteiger partial charge is 0.497 e. The summed E-state index contributed by atoms with van der Waals surface area (Å²) in [6, 6.07) is 7.60. The van der Waals surface area contributed by atoms with Gasteiger partial charge < -0.3 is 23.9 Å². The SMILES string of the molecule is C=CCNC(=O)/C=C(\C)c1cc2c(-c3cc(OC)ccc3OC)coc2c(C)c1OC. The fourth-order valence-electron chi connectivity index (χ4n) is 3.60. The Morgan fingerprint density at radius 2 is 1.90 bits per heavy atom. The molecule has 6 heteroatoms. The van der Waals surface area contributed by atoms with E-state index in [1.165, 1.54) is 0 Å². The summed E-state index contributed by atoms with van der Waals surface area (Å²) in [6.45, 7) is 7.83. The van der Waals surface area contributed by atoms with Crippen LogP contribution in [0.3, 0.4) is 0 Å². The highest BCUT2D eigenvalue weighted by Crippen LogP contribution is 2.43. The van der Waals surface area contributed by atoms with E-state index >= 15 is 0 Å². The zero-order chi connectivity index (χ0) is 22.5. The minimum atomic E-state index is -0.195. The molecule has 3 aromatic rings. The van der Waals surface area contributed by atoms with Crippen LogP contribution in [0, 0.1) is 6.92 Å². The van der Waals surface area contributed by atoms with Crippen molar-refractivity contribution >= 4 is 22.4 Å². The first-order chi connectivity index (χ1) is 14.9. The number of rotatable bonds is 8. The lowest BCUT2D eigenvalue weighted by Crippen LogP contribution is -2.20. The molecule has 0 aliphatic rings. The average Bonchev–Trinajstić information content (AvgIpc) is 3.21. The molecule has 0 saturated carbocycles. The molecule has 0 aliphatic heterocycles. The van der Waals surface area contributed by atoms with E-state index in [4.69, 9.17) is 18.6 Å². The molecule has 31 heavy (non-hydrogen) atoms. The van der Waals surface area contributed by atoms with Gasteiger partial charge in [-0.25, -0.2) is 0 Å². The third-order valence-corrected chi connectivity index (χ3v) is 5.14. The first kappa shape index (κ1) is 22.0. The van der Waals surface area contributed by atoms with Gasteiger partial charge in [-0.3, -0.25) is 4.79 Å². The monoisotopic (exact) mass is 421 g/mol. The minimum absolute atomic E-state index is 0.195. The minimum Gasteiger partial charge on any atom is -0.497 e. The van der Waals surface area contributed by atoms with Crippen LogP contribution in [-0.2, 0) is 4.79 Å². The Labute approximate surface area is 182 Å². The van der Waals surface area contributed by atoms with Crippen LogP contribution in [0.4, 0.5) is 0 Å². The third kappa shape index (κ3) is 4.28. The summed E-state index contributed by atoms with van der Waals surface area (Å²) in [4.78, 5) is 12.2. The molecule has 0 unspecified atom stereocenters. The fraction of sp³-hybridized carbons (Fsp3) is 0.240. The quantitative estimate of drug-likeness (QED) is 0.403. The molecule has 0 aliphatic carbocycles. The van der Waals surface area contributed by atoms with Gasteiger partial charge in [0, 0.05) is 40.3 Å². The van der Waals surface area contributed by atoms with Crippen molar-refractivity contribution in [1.29, 1.82) is 0 Å². The van der Waals surface area contributed by atoms with Crippen molar-refractivity contribution in [1.82, 2.24) is 5.32 Å². The maximum atomic E-state index is 12.2. The fourth-order valence-corrected chi connectivity index (χ4v) is 3.60. The zero-order valence-corrected chi connectivity index (χ0v) is 18.5. The highest BCUT2D eigenvalue weighted by molar-refractivity contribution is 6.02. The lowest BCUT2D eigenvalue weighted by Gasteiger charge is -2.14. The van der Waals surface area contributed by atoms with Gasteiger partial charge in [-0.1, -0.05) is 6.08 Å². The number of carbonyl (C=O) groups is 1. The molecule has 0 radical (unpaired) electrons. The number of ether oxygens (including phenoxy) is 3. The van der Waals surface area contributed by atoms with E-state index in [2.05, 4.69) is 11.9 Å². The van der Waals surface area contributed by atoms with E-state index in [1.807, 2.05) is 38.1 Å². The second-order valence-corrected chi connectivity index (χ2v) is 7.04. The Balaban J connectivity index is 2.22. The number of furan rings is 1. The summed E-state index contributed by atoms with van der Waals surface area (Å²) in [6.07, 6.45) is 4.89. The summed E-state index contributed by atoms with van der Waals surface area (Å²) < 4.78 is 22.6. The molecule has 1 aromatic heterocycles. The van der Waals surface area contributed by atoms with Crippen LogP contribution < -0.4 is 19.5 Å². The van der Waals surface area contributed by atoms with Gasteiger partial charge in [-0.05, 0) is 43.7 Å². The van der Waals surface area contributed by atoms with Crippen LogP contribution in [0.25, 0.3) is 27.7 Å². The topological polar surface area (TPSA) is 69.9 Å². The first-order valence-corrected chi connectivity index (χ1v) is 9.83. The van der Waals surface area contributed by atoms with E-state index in [-0.39, 0.29) is 5.91 Å². The molecule has 0 bridgehead atoms. The molecule has 0 atom stereocenters. The second-order valence-electron chi connectivity index (χ2n) is 7.04. The smallest absolute Gasteiger partial charge is 0.244 e. The van der Waals surface area contributed by atoms with E-state index in [9.17, 15) is 4.79 Å². The number of allylic oxidation sites excluding steroid dienone is 1. The number of amides is 1. The van der Waals surface area contributed by atoms with Gasteiger partial charge in [0.15, 0.2) is 0 Å². The summed E-state index contributed by atoms with van der Waals surface area (Å²) in [5, 5.41) is 3.65. The summed E-state index contributed by atoms with van der Waals surface area (Å²) in [7, 11) is 4.86. The Morgan fingerprint density at radius 3 is 2.55 bits per heavy atom. The second kappa shape index (κ2) is 9.43. The van der Waals surface area contributed by atoms with Gasteiger partial charge in [0.05, 0.1) is 27.6 Å². The number of hydrogen-bond acceptors (Lipinski definition) is 5. The van der Waals surface area contributed by atoms with E-state index in [0.29, 0.717) is 29.4 Å². The van der Waals surface area contributed by atoms with Gasteiger partial charge in [0.2, 0.25) is 5.91 Å². The van der Waals surface area contributed by atoms with Crippen LogP contribution in [0.5, 0.6) is 17.2 Å². The first-order valence-electron chi connectivity index (χ1n) is 9.83. The summed E-state index contributed by atoms with van der Waals surface area (Å²) in [5.41, 5.74) is 4.86. The molecule has 162 valence electrons. The van der Waals surface area contributed by atoms with Crippen LogP contribution in [0.15, 0.2) is 53.7 Å². The molecule has 3 rings (SSSR count). The third-order valence-electron chi connectivity index (χ3n) is 5.14. The Bertz CT molecular complexity index is 1160. The lowest BCUT2D eigenvalue weighted by molar-refractivity contribution is -0.116. The van der Waals surface area contributed by atoms with Crippen LogP contribution in [0.2, 0.25) is 0 Å². The van der Waals surface area contributed by atoms with Gasteiger partial charge >= 0.3 is 0 Å². The zero-order valence-electron chi connectivity index (χ0n) is 18.5. The summed E-state index contributed by atoms with van der Waals surface area (Å²) >= 11 is 0. The number of fused-ring (bicyclic) bond motifs is 1. The van der Waals surface area contributed by atoms with Crippen molar-refractivity contribution in [2.45, 2.75) is 13.8 Å². The molecular weight excluding hydrogens is 394 g/mol. The molecular formula is C25H27NO5. The predicted molar refractivity (Wildman–Crippen MR) is 123 cm³/mol. The molecule has 6 nitrogen and oxygen atoms in total. The van der Waals surface area contributed by atoms with Crippen molar-refractivity contribution in [2.24, 2.45) is 0 Å². The van der Waals surface area contributed by atoms with Crippen molar-refractivity contribution < 1.29 is 23.4 Å². The molecule has 1 amide bonds. The Morgan fingerprint density at radius 1 is 1.13 bits per heavy atom. The number of aryl methyl sites for hydroxylation is 1. The standard InChI is InChI=1S/C25H27NO5/c1-7-10-26-23(27)11-15(2)18-13-20-21(14-31-25(20)16(3)24(18)30-6)19-12-17(28-4)8-9-22(19)29-5/h7-9,11-14H,1,10H2,2-6H3,(H,26,27)/b15-11+. The number of hydrogen-bond donors (Lipinski definition) is 1. The maximum Gasteiger partial charge on any atom is 0.244 e. The molecule has 1 heterocycles. The van der Waals surface area contributed by atoms with Crippen LogP contribution in [0.1, 0.15) is 18.1 Å². The lowest BCUT2D eigenvalue weighted by atomic mass is 9.96. The Kier molecular flexibility index (Phi) is 6.70. The van der Waals surface area contributed by atoms with E-state index in [1.54, 1.807) is 39.7 Å². The number of methoxy groups -OCH3 is 3. The number of benzene rings is 2. The molecule has 0 fully saturated rings. The summed E-state index contributed by atoms with van der Waals surface area (Å²) in [5.74, 6) is 1.88. The Hall–Kier alpha value is -3.67. The van der Waals surface area contributed by atoms with Crippen molar-refractivity contribution in [2.75, 3.05) is 27.9 Å². The van der Waals surface area contributed by atoms with Crippen LogP contribution >= 0.6 is 0 Å². The normalized spacial score (nSPS) is 11.3. The number of carbonyl (C=O) groups excluding carboxylic acids is 1. The van der Waals surface area contributed by atoms with Gasteiger partial charge in [0.25, 0.3) is 0 Å². The molecule has 0 saturated heterocycles. The van der Waals surface area contributed by atoms with Gasteiger partial charge in [-0.2, -0.15) is 0 Å². The van der Waals surface area contributed by atoms with Gasteiger partial charge in [0.1, 0.15) is 22.8 Å². The van der Waals surface area contributed by atoms with Crippen molar-refractivity contribution in [3.63, 3.8) is 0 Å². The van der Waals surface area contributed by atoms with Crippen molar-refractivity contribution in [3.8, 4) is 28.4 Å². The molecule has 2 aromatic carbocycles. The predicted octanol–water partition coefficient (Wildman–Crippen LogP) is 5.14.